The smallest absolute Gasteiger partial charge is 0.335 e. The highest BCUT2D eigenvalue weighted by atomic mass is 16.4. The number of hydrogen-bond donors (Lipinski definition) is 2. The summed E-state index contributed by atoms with van der Waals surface area (Å²) in [6.07, 6.45) is 4.82. The molecule has 0 atom stereocenters. The molecule has 2 aromatic carbocycles. The number of carbonyl (C=O) groups excluding carboxylic acids is 1. The largest absolute Gasteiger partial charge is 0.478 e. The van der Waals surface area contributed by atoms with E-state index in [1.807, 2.05) is 36.4 Å². The average molecular weight is 396 g/mol. The molecule has 0 aliphatic rings. The third-order valence-electron chi connectivity index (χ3n) is 4.46. The number of amides is 1. The number of hydrogen-bond acceptors (Lipinski definition) is 5. The number of hydrazone groups is 1. The molecule has 2 N–H and O–H groups in total. The van der Waals surface area contributed by atoms with Gasteiger partial charge in [0.2, 0.25) is 0 Å². The summed E-state index contributed by atoms with van der Waals surface area (Å²) in [6.45, 7) is 0. The molecule has 7 nitrogen and oxygen atoms in total. The minimum Gasteiger partial charge on any atom is -0.478 e. The lowest BCUT2D eigenvalue weighted by Crippen LogP contribution is -2.18. The molecule has 4 rings (SSSR count). The van der Waals surface area contributed by atoms with Crippen molar-refractivity contribution in [3.8, 4) is 11.3 Å². The molecule has 0 bridgehead atoms. The molecule has 2 heterocycles. The van der Waals surface area contributed by atoms with Crippen molar-refractivity contribution in [2.75, 3.05) is 0 Å². The number of carbonyl (C=O) groups is 2. The Morgan fingerprint density at radius 3 is 2.53 bits per heavy atom. The number of fused-ring (bicyclic) bond motifs is 1. The molecule has 0 aliphatic heterocycles. The van der Waals surface area contributed by atoms with E-state index in [9.17, 15) is 9.59 Å². The molecule has 0 unspecified atom stereocenters. The van der Waals surface area contributed by atoms with Crippen LogP contribution in [-0.4, -0.2) is 33.2 Å². The van der Waals surface area contributed by atoms with E-state index < -0.39 is 5.97 Å². The fraction of sp³-hybridized carbons (Fsp3) is 0. The molecular weight excluding hydrogens is 380 g/mol. The maximum atomic E-state index is 12.8. The van der Waals surface area contributed by atoms with Gasteiger partial charge in [-0.1, -0.05) is 30.3 Å². The Balaban J connectivity index is 1.61. The van der Waals surface area contributed by atoms with Crippen LogP contribution >= 0.6 is 0 Å². The molecule has 30 heavy (non-hydrogen) atoms. The quantitative estimate of drug-likeness (QED) is 0.395. The first kappa shape index (κ1) is 18.9. The van der Waals surface area contributed by atoms with Crippen LogP contribution in [0.3, 0.4) is 0 Å². The summed E-state index contributed by atoms with van der Waals surface area (Å²) in [5.41, 5.74) is 5.95. The van der Waals surface area contributed by atoms with Crippen molar-refractivity contribution in [1.29, 1.82) is 0 Å². The number of rotatable bonds is 5. The van der Waals surface area contributed by atoms with Crippen LogP contribution in [0.2, 0.25) is 0 Å². The van der Waals surface area contributed by atoms with Gasteiger partial charge in [0.25, 0.3) is 5.91 Å². The third-order valence-corrected chi connectivity index (χ3v) is 4.46. The SMILES string of the molecule is O=C(O)c1ccc(C=NNC(=O)c2cc(-c3cccnc3)nc3ccccc23)cc1. The van der Waals surface area contributed by atoms with Crippen molar-refractivity contribution >= 4 is 29.0 Å². The van der Waals surface area contributed by atoms with Gasteiger partial charge in [0.05, 0.1) is 28.6 Å². The molecule has 0 fully saturated rings. The average Bonchev–Trinajstić information content (AvgIpc) is 2.79. The predicted octanol–water partition coefficient (Wildman–Crippen LogP) is 3.76. The van der Waals surface area contributed by atoms with Gasteiger partial charge in [0, 0.05) is 23.3 Å². The standard InChI is InChI=1S/C23H16N4O3/c28-22(27-25-13-15-7-9-16(10-8-15)23(29)30)19-12-21(17-4-3-11-24-14-17)26-20-6-2-1-5-18(19)20/h1-14H,(H,27,28)(H,29,30). The third kappa shape index (κ3) is 4.05. The highest BCUT2D eigenvalue weighted by Crippen LogP contribution is 2.24. The van der Waals surface area contributed by atoms with Crippen LogP contribution in [0.25, 0.3) is 22.2 Å². The first-order chi connectivity index (χ1) is 14.6. The second kappa shape index (κ2) is 8.32. The summed E-state index contributed by atoms with van der Waals surface area (Å²) in [6, 6.07) is 19.0. The number of nitrogens with one attached hydrogen (secondary N) is 1. The van der Waals surface area contributed by atoms with Crippen molar-refractivity contribution in [2.24, 2.45) is 5.10 Å². The second-order valence-electron chi connectivity index (χ2n) is 6.44. The summed E-state index contributed by atoms with van der Waals surface area (Å²) in [4.78, 5) is 32.5. The zero-order valence-electron chi connectivity index (χ0n) is 15.7. The van der Waals surface area contributed by atoms with Gasteiger partial charge in [-0.05, 0) is 42.0 Å². The number of nitrogens with zero attached hydrogens (tertiary/aromatic N) is 3. The normalized spacial score (nSPS) is 10.9. The van der Waals surface area contributed by atoms with Gasteiger partial charge in [-0.3, -0.25) is 9.78 Å². The van der Waals surface area contributed by atoms with Gasteiger partial charge in [-0.25, -0.2) is 15.2 Å². The lowest BCUT2D eigenvalue weighted by molar-refractivity contribution is 0.0696. The molecule has 1 amide bonds. The Kier molecular flexibility index (Phi) is 5.25. The Morgan fingerprint density at radius 1 is 1.00 bits per heavy atom. The second-order valence-corrected chi connectivity index (χ2v) is 6.44. The summed E-state index contributed by atoms with van der Waals surface area (Å²) >= 11 is 0. The molecule has 0 radical (unpaired) electrons. The minimum absolute atomic E-state index is 0.183. The molecule has 4 aromatic rings. The van der Waals surface area contributed by atoms with E-state index in [2.05, 4.69) is 20.5 Å². The van der Waals surface area contributed by atoms with Crippen molar-refractivity contribution in [3.63, 3.8) is 0 Å². The van der Waals surface area contributed by atoms with E-state index in [1.165, 1.54) is 18.3 Å². The molecule has 0 saturated carbocycles. The van der Waals surface area contributed by atoms with Crippen molar-refractivity contribution in [1.82, 2.24) is 15.4 Å². The maximum absolute atomic E-state index is 12.8. The molecule has 146 valence electrons. The van der Waals surface area contributed by atoms with Crippen molar-refractivity contribution in [2.45, 2.75) is 0 Å². The van der Waals surface area contributed by atoms with Crippen LogP contribution in [0.4, 0.5) is 0 Å². The Morgan fingerprint density at radius 2 is 1.80 bits per heavy atom. The Hall–Kier alpha value is -4.39. The number of aromatic carboxylic acids is 1. The van der Waals surface area contributed by atoms with Crippen LogP contribution in [0.15, 0.2) is 84.2 Å². The van der Waals surface area contributed by atoms with Gasteiger partial charge < -0.3 is 5.11 Å². The van der Waals surface area contributed by atoms with Crippen LogP contribution in [0.1, 0.15) is 26.3 Å². The fourth-order valence-electron chi connectivity index (χ4n) is 2.96. The summed E-state index contributed by atoms with van der Waals surface area (Å²) in [5, 5.41) is 13.7. The number of pyridine rings is 2. The topological polar surface area (TPSA) is 105 Å². The summed E-state index contributed by atoms with van der Waals surface area (Å²) in [5.74, 6) is -1.38. The fourth-order valence-corrected chi connectivity index (χ4v) is 2.96. The monoisotopic (exact) mass is 396 g/mol. The number of carboxylic acids is 1. The predicted molar refractivity (Wildman–Crippen MR) is 113 cm³/mol. The first-order valence-electron chi connectivity index (χ1n) is 9.09. The van der Waals surface area contributed by atoms with Crippen LogP contribution in [-0.2, 0) is 0 Å². The lowest BCUT2D eigenvalue weighted by atomic mass is 10.0. The molecule has 0 spiro atoms. The number of aromatic nitrogens is 2. The van der Waals surface area contributed by atoms with E-state index in [1.54, 1.807) is 30.6 Å². The Labute approximate surface area is 171 Å². The number of carboxylic acid groups (broad SMARTS) is 1. The van der Waals surface area contributed by atoms with E-state index in [0.29, 0.717) is 27.7 Å². The van der Waals surface area contributed by atoms with E-state index >= 15 is 0 Å². The summed E-state index contributed by atoms with van der Waals surface area (Å²) < 4.78 is 0. The van der Waals surface area contributed by atoms with Gasteiger partial charge in [0.15, 0.2) is 0 Å². The molecule has 7 heteroatoms. The molecule has 0 aliphatic carbocycles. The van der Waals surface area contributed by atoms with E-state index in [4.69, 9.17) is 5.11 Å². The van der Waals surface area contributed by atoms with Crippen molar-refractivity contribution in [3.05, 3.63) is 95.8 Å². The zero-order valence-corrected chi connectivity index (χ0v) is 15.7. The minimum atomic E-state index is -0.999. The highest BCUT2D eigenvalue weighted by Gasteiger charge is 2.13. The van der Waals surface area contributed by atoms with Gasteiger partial charge in [-0.15, -0.1) is 0 Å². The van der Waals surface area contributed by atoms with Gasteiger partial charge in [0.1, 0.15) is 0 Å². The van der Waals surface area contributed by atoms with Gasteiger partial charge in [-0.2, -0.15) is 5.10 Å². The van der Waals surface area contributed by atoms with E-state index in [0.717, 1.165) is 5.56 Å². The summed E-state index contributed by atoms with van der Waals surface area (Å²) in [7, 11) is 0. The van der Waals surface area contributed by atoms with Crippen LogP contribution < -0.4 is 5.43 Å². The highest BCUT2D eigenvalue weighted by molar-refractivity contribution is 6.07. The first-order valence-corrected chi connectivity index (χ1v) is 9.09. The molecular formula is C23H16N4O3. The molecule has 2 aromatic heterocycles. The number of benzene rings is 2. The lowest BCUT2D eigenvalue weighted by Gasteiger charge is -2.08. The Bertz CT molecular complexity index is 1250. The van der Waals surface area contributed by atoms with E-state index in [-0.39, 0.29) is 11.5 Å². The van der Waals surface area contributed by atoms with Gasteiger partial charge >= 0.3 is 5.97 Å². The molecule has 0 saturated heterocycles. The number of para-hydroxylation sites is 1. The van der Waals surface area contributed by atoms with Crippen LogP contribution in [0.5, 0.6) is 0 Å². The zero-order chi connectivity index (χ0) is 20.9. The van der Waals surface area contributed by atoms with Crippen LogP contribution in [0, 0.1) is 0 Å². The maximum Gasteiger partial charge on any atom is 0.335 e. The van der Waals surface area contributed by atoms with Crippen molar-refractivity contribution < 1.29 is 14.7 Å².